The smallest absolute Gasteiger partial charge is 0.190 e. The number of nitrogens with one attached hydrogen (secondary N) is 1. The number of nitrogens with zero attached hydrogens (tertiary/aromatic N) is 2. The molecule has 1 aromatic heterocycles. The Kier molecular flexibility index (Phi) is 5.73. The predicted molar refractivity (Wildman–Crippen MR) is 111 cm³/mol. The van der Waals surface area contributed by atoms with Gasteiger partial charge < -0.3 is 9.99 Å². The Morgan fingerprint density at radius 1 is 1.19 bits per heavy atom. The monoisotopic (exact) mass is 382 g/mol. The maximum Gasteiger partial charge on any atom is 0.190 e. The van der Waals surface area contributed by atoms with Crippen molar-refractivity contribution in [2.45, 2.75) is 6.54 Å². The first-order valence-electron chi connectivity index (χ1n) is 7.98. The van der Waals surface area contributed by atoms with Crippen LogP contribution in [0.3, 0.4) is 0 Å². The number of hydrogen-bond acceptors (Lipinski definition) is 4. The van der Waals surface area contributed by atoms with Crippen LogP contribution in [0.2, 0.25) is 5.02 Å². The zero-order valence-corrected chi connectivity index (χ0v) is 15.7. The van der Waals surface area contributed by atoms with Gasteiger partial charge in [0.25, 0.3) is 0 Å². The quantitative estimate of drug-likeness (QED) is 0.368. The molecule has 3 N–H and O–H groups in total. The number of rotatable bonds is 6. The highest BCUT2D eigenvalue weighted by Gasteiger charge is 2.07. The summed E-state index contributed by atoms with van der Waals surface area (Å²) in [6.07, 6.45) is 1.87. The Balaban J connectivity index is 2.02. The Morgan fingerprint density at radius 3 is 2.50 bits per heavy atom. The zero-order chi connectivity index (χ0) is 18.5. The molecule has 0 radical (unpaired) electrons. The van der Waals surface area contributed by atoms with Crippen molar-refractivity contribution in [3.63, 3.8) is 0 Å². The van der Waals surface area contributed by atoms with E-state index in [1.54, 1.807) is 11.3 Å². The van der Waals surface area contributed by atoms with E-state index in [1.807, 2.05) is 54.6 Å². The van der Waals surface area contributed by atoms with Gasteiger partial charge in [0.05, 0.1) is 11.4 Å². The largest absolute Gasteiger partial charge is 0.324 e. The minimum Gasteiger partial charge on any atom is -0.324 e. The number of thiazole rings is 1. The van der Waals surface area contributed by atoms with Crippen molar-refractivity contribution in [2.75, 3.05) is 0 Å². The van der Waals surface area contributed by atoms with Gasteiger partial charge in [0.1, 0.15) is 0 Å². The van der Waals surface area contributed by atoms with Gasteiger partial charge in [-0.05, 0) is 35.4 Å². The zero-order valence-electron chi connectivity index (χ0n) is 14.2. The number of hydrogen-bond donors (Lipinski definition) is 2. The highest BCUT2D eigenvalue weighted by Crippen LogP contribution is 2.23. The topological polar surface area (TPSA) is 55.3 Å². The van der Waals surface area contributed by atoms with Crippen LogP contribution in [0.15, 0.2) is 78.1 Å². The van der Waals surface area contributed by atoms with Gasteiger partial charge in [-0.3, -0.25) is 5.84 Å². The lowest BCUT2D eigenvalue weighted by molar-refractivity contribution is 0.800. The fraction of sp³-hybridized carbons (Fsp3) is 0.0500. The molecule has 6 heteroatoms. The fourth-order valence-corrected chi connectivity index (χ4v) is 3.57. The molecule has 0 saturated carbocycles. The van der Waals surface area contributed by atoms with E-state index in [-0.39, 0.29) is 0 Å². The van der Waals surface area contributed by atoms with Gasteiger partial charge >= 0.3 is 0 Å². The molecule has 0 unspecified atom stereocenters. The summed E-state index contributed by atoms with van der Waals surface area (Å²) in [4.78, 5) is 5.68. The molecule has 0 bridgehead atoms. The summed E-state index contributed by atoms with van der Waals surface area (Å²) >= 11 is 7.59. The molecule has 0 fully saturated rings. The lowest BCUT2D eigenvalue weighted by Crippen LogP contribution is -2.18. The lowest BCUT2D eigenvalue weighted by atomic mass is 10.1. The van der Waals surface area contributed by atoms with Crippen LogP contribution in [0.4, 0.5) is 5.69 Å². The summed E-state index contributed by atoms with van der Waals surface area (Å²) < 4.78 is 2.13. The van der Waals surface area contributed by atoms with Crippen molar-refractivity contribution in [1.29, 1.82) is 0 Å². The summed E-state index contributed by atoms with van der Waals surface area (Å²) in [7, 11) is 0. The van der Waals surface area contributed by atoms with Crippen LogP contribution in [0.25, 0.3) is 17.0 Å². The number of allylic oxidation sites excluding steroid dienone is 1. The van der Waals surface area contributed by atoms with E-state index in [9.17, 15) is 0 Å². The Morgan fingerprint density at radius 2 is 1.88 bits per heavy atom. The van der Waals surface area contributed by atoms with E-state index in [1.165, 1.54) is 0 Å². The molecule has 3 rings (SSSR count). The highest BCUT2D eigenvalue weighted by atomic mass is 35.5. The summed E-state index contributed by atoms with van der Waals surface area (Å²) in [5.41, 5.74) is 7.19. The average Bonchev–Trinajstić information content (AvgIpc) is 3.05. The second kappa shape index (κ2) is 8.19. The van der Waals surface area contributed by atoms with Crippen molar-refractivity contribution in [3.05, 3.63) is 88.5 Å². The molecule has 132 valence electrons. The predicted octanol–water partition coefficient (Wildman–Crippen LogP) is 4.72. The number of nitrogens with two attached hydrogens (primary N) is 1. The summed E-state index contributed by atoms with van der Waals surface area (Å²) in [6, 6.07) is 15.6. The molecule has 0 aliphatic carbocycles. The molecule has 3 aromatic rings. The van der Waals surface area contributed by atoms with E-state index in [2.05, 4.69) is 28.5 Å². The fourth-order valence-electron chi connectivity index (χ4n) is 2.51. The molecule has 0 amide bonds. The first kappa shape index (κ1) is 18.2. The maximum atomic E-state index is 6.00. The van der Waals surface area contributed by atoms with Gasteiger partial charge in [-0.1, -0.05) is 48.5 Å². The van der Waals surface area contributed by atoms with Crippen molar-refractivity contribution in [2.24, 2.45) is 10.8 Å². The molecule has 2 aromatic carbocycles. The highest BCUT2D eigenvalue weighted by molar-refractivity contribution is 7.07. The Labute approximate surface area is 161 Å². The third-order valence-electron chi connectivity index (χ3n) is 3.86. The molecular formula is C20H19ClN4S. The number of hydrazine groups is 1. The SMILES string of the molecule is C=CCn1c(-c2ccc(Cl)cc2)csc1=Nc1ccc(C(=C)NN)cc1. The van der Waals surface area contributed by atoms with Gasteiger partial charge in [-0.2, -0.15) is 0 Å². The molecule has 26 heavy (non-hydrogen) atoms. The van der Waals surface area contributed by atoms with Crippen LogP contribution in [0.5, 0.6) is 0 Å². The Bertz CT molecular complexity index is 982. The van der Waals surface area contributed by atoms with Gasteiger partial charge in [0, 0.05) is 22.6 Å². The van der Waals surface area contributed by atoms with Crippen LogP contribution >= 0.6 is 22.9 Å². The number of aromatic nitrogens is 1. The maximum absolute atomic E-state index is 6.00. The molecule has 0 spiro atoms. The molecule has 0 saturated heterocycles. The molecular weight excluding hydrogens is 364 g/mol. The van der Waals surface area contributed by atoms with E-state index in [0.29, 0.717) is 12.2 Å². The first-order valence-corrected chi connectivity index (χ1v) is 9.24. The third-order valence-corrected chi connectivity index (χ3v) is 4.98. The van der Waals surface area contributed by atoms with E-state index in [4.69, 9.17) is 22.4 Å². The lowest BCUT2D eigenvalue weighted by Gasteiger charge is -2.07. The summed E-state index contributed by atoms with van der Waals surface area (Å²) in [6.45, 7) is 8.39. The molecule has 0 aliphatic heterocycles. The minimum atomic E-state index is 0.666. The van der Waals surface area contributed by atoms with Crippen molar-refractivity contribution in [1.82, 2.24) is 9.99 Å². The molecule has 0 atom stereocenters. The number of halogens is 1. The molecule has 0 aliphatic rings. The minimum absolute atomic E-state index is 0.666. The number of benzene rings is 2. The average molecular weight is 383 g/mol. The van der Waals surface area contributed by atoms with Gasteiger partial charge in [0.15, 0.2) is 4.80 Å². The van der Waals surface area contributed by atoms with Crippen molar-refractivity contribution in [3.8, 4) is 11.3 Å². The van der Waals surface area contributed by atoms with Crippen LogP contribution in [0, 0.1) is 0 Å². The van der Waals surface area contributed by atoms with E-state index < -0.39 is 0 Å². The van der Waals surface area contributed by atoms with Gasteiger partial charge in [0.2, 0.25) is 0 Å². The van der Waals surface area contributed by atoms with Gasteiger partial charge in [-0.15, -0.1) is 17.9 Å². The standard InChI is InChI=1S/C20H19ClN4S/c1-3-12-25-19(16-4-8-17(21)9-5-16)13-26-20(25)23-18-10-6-15(7-11-18)14(2)24-22/h3-11,13,24H,1-2,12,22H2. The Hall–Kier alpha value is -2.60. The first-order chi connectivity index (χ1) is 12.6. The van der Waals surface area contributed by atoms with Crippen LogP contribution in [0.1, 0.15) is 5.56 Å². The second-order valence-electron chi connectivity index (χ2n) is 5.59. The molecule has 4 nitrogen and oxygen atoms in total. The van der Waals surface area contributed by atoms with E-state index >= 15 is 0 Å². The second-order valence-corrected chi connectivity index (χ2v) is 6.86. The normalized spacial score (nSPS) is 11.4. The summed E-state index contributed by atoms with van der Waals surface area (Å²) in [5, 5.41) is 2.82. The van der Waals surface area contributed by atoms with Crippen molar-refractivity contribution >= 4 is 34.3 Å². The van der Waals surface area contributed by atoms with Crippen LogP contribution in [-0.2, 0) is 6.54 Å². The van der Waals surface area contributed by atoms with Crippen LogP contribution < -0.4 is 16.1 Å². The van der Waals surface area contributed by atoms with Gasteiger partial charge in [-0.25, -0.2) is 4.99 Å². The summed E-state index contributed by atoms with van der Waals surface area (Å²) in [5.74, 6) is 5.39. The molecule has 1 heterocycles. The van der Waals surface area contributed by atoms with Crippen LogP contribution in [-0.4, -0.2) is 4.57 Å². The van der Waals surface area contributed by atoms with E-state index in [0.717, 1.165) is 32.3 Å². The van der Waals surface area contributed by atoms with Crippen molar-refractivity contribution < 1.29 is 0 Å². The third kappa shape index (κ3) is 3.96.